The van der Waals surface area contributed by atoms with Crippen molar-refractivity contribution >= 4 is 34.2 Å². The van der Waals surface area contributed by atoms with Crippen molar-refractivity contribution < 1.29 is 18.3 Å². The molecule has 2 aliphatic rings. The summed E-state index contributed by atoms with van der Waals surface area (Å²) in [5.41, 5.74) is 3.33. The first kappa shape index (κ1) is 25.7. The van der Waals surface area contributed by atoms with Gasteiger partial charge in [-0.05, 0) is 67.1 Å². The summed E-state index contributed by atoms with van der Waals surface area (Å²) in [6.07, 6.45) is 5.76. The number of aryl methyl sites for hydroxylation is 1. The zero-order valence-electron chi connectivity index (χ0n) is 21.5. The molecule has 0 unspecified atom stereocenters. The second kappa shape index (κ2) is 9.88. The van der Waals surface area contributed by atoms with Crippen molar-refractivity contribution in [2.45, 2.75) is 50.3 Å². The molecule has 6 rings (SSSR count). The summed E-state index contributed by atoms with van der Waals surface area (Å²) in [7, 11) is 3.38. The molecule has 0 bridgehead atoms. The van der Waals surface area contributed by atoms with Gasteiger partial charge in [0.05, 0.1) is 23.6 Å². The van der Waals surface area contributed by atoms with Crippen LogP contribution in [-0.2, 0) is 16.6 Å². The Kier molecular flexibility index (Phi) is 6.51. The Labute approximate surface area is 228 Å². The molecule has 3 heterocycles. The molecular formula is C29H27ClF2N4O3. The van der Waals surface area contributed by atoms with Gasteiger partial charge >= 0.3 is 0 Å². The summed E-state index contributed by atoms with van der Waals surface area (Å²) in [5.74, 6) is -1.42. The largest absolute Gasteiger partial charge is 0.381 e. The minimum atomic E-state index is -1.00. The number of imidazole rings is 1. The molecule has 39 heavy (non-hydrogen) atoms. The number of carbonyl (C=O) groups excluding carboxylic acids is 1. The van der Waals surface area contributed by atoms with Gasteiger partial charge in [-0.1, -0.05) is 17.7 Å². The summed E-state index contributed by atoms with van der Waals surface area (Å²) < 4.78 is 36.9. The van der Waals surface area contributed by atoms with E-state index in [1.165, 1.54) is 15.5 Å². The minimum Gasteiger partial charge on any atom is -0.381 e. The van der Waals surface area contributed by atoms with E-state index in [1.54, 1.807) is 26.4 Å². The Balaban J connectivity index is 1.46. The predicted molar refractivity (Wildman–Crippen MR) is 145 cm³/mol. The molecular weight excluding hydrogens is 526 g/mol. The third kappa shape index (κ3) is 4.43. The van der Waals surface area contributed by atoms with E-state index in [1.807, 2.05) is 18.2 Å². The predicted octanol–water partition coefficient (Wildman–Crippen LogP) is 5.94. The maximum Gasteiger partial charge on any atom is 0.269 e. The average Bonchev–Trinajstić information content (AvgIpc) is 3.30. The zero-order chi connectivity index (χ0) is 27.4. The number of fused-ring (bicyclic) bond motifs is 1. The van der Waals surface area contributed by atoms with Crippen LogP contribution in [0.2, 0.25) is 5.02 Å². The molecule has 0 spiro atoms. The molecule has 0 radical (unpaired) electrons. The van der Waals surface area contributed by atoms with Crippen molar-refractivity contribution in [1.29, 1.82) is 0 Å². The summed E-state index contributed by atoms with van der Waals surface area (Å²) in [5, 5.41) is 0.131. The van der Waals surface area contributed by atoms with Gasteiger partial charge in [0, 0.05) is 38.1 Å². The van der Waals surface area contributed by atoms with Gasteiger partial charge in [-0.3, -0.25) is 9.59 Å². The minimum absolute atomic E-state index is 0.131. The molecule has 2 aromatic heterocycles. The normalized spacial score (nSPS) is 21.4. The maximum atomic E-state index is 14.1. The van der Waals surface area contributed by atoms with E-state index in [-0.39, 0.29) is 35.1 Å². The van der Waals surface area contributed by atoms with Crippen LogP contribution in [0.1, 0.15) is 50.0 Å². The lowest BCUT2D eigenvalue weighted by Crippen LogP contribution is -2.48. The first-order valence-corrected chi connectivity index (χ1v) is 13.3. The van der Waals surface area contributed by atoms with Gasteiger partial charge in [-0.25, -0.2) is 13.8 Å². The summed E-state index contributed by atoms with van der Waals surface area (Å²) in [4.78, 5) is 31.3. The first-order chi connectivity index (χ1) is 18.7. The van der Waals surface area contributed by atoms with E-state index < -0.39 is 17.7 Å². The van der Waals surface area contributed by atoms with Gasteiger partial charge in [-0.15, -0.1) is 0 Å². The van der Waals surface area contributed by atoms with E-state index in [0.717, 1.165) is 60.0 Å². The van der Waals surface area contributed by atoms with Crippen molar-refractivity contribution in [3.05, 3.63) is 81.5 Å². The smallest absolute Gasteiger partial charge is 0.269 e. The number of aromatic nitrogens is 3. The SMILES string of the molecule is CO[C@H]1CC[C@H](n2c([C@@H]3CC(=O)N3c3ccc(F)c(F)c3)nc3cc(-c4cc(Cl)c(=O)n(C)c4)ccc32)CC1. The lowest BCUT2D eigenvalue weighted by atomic mass is 9.91. The molecule has 1 saturated heterocycles. The second-order valence-corrected chi connectivity index (χ2v) is 10.7. The number of benzene rings is 2. The molecule has 202 valence electrons. The fraction of sp³-hybridized carbons (Fsp3) is 0.345. The Morgan fingerprint density at radius 2 is 1.74 bits per heavy atom. The summed E-state index contributed by atoms with van der Waals surface area (Å²) in [6, 6.07) is 10.8. The zero-order valence-corrected chi connectivity index (χ0v) is 22.3. The van der Waals surface area contributed by atoms with Gasteiger partial charge in [0.2, 0.25) is 5.91 Å². The van der Waals surface area contributed by atoms with E-state index in [2.05, 4.69) is 4.57 Å². The number of nitrogens with zero attached hydrogens (tertiary/aromatic N) is 4. The van der Waals surface area contributed by atoms with Crippen LogP contribution in [0.5, 0.6) is 0 Å². The van der Waals surface area contributed by atoms with E-state index in [0.29, 0.717) is 11.5 Å². The van der Waals surface area contributed by atoms with Crippen LogP contribution in [0.3, 0.4) is 0 Å². The Morgan fingerprint density at radius 1 is 0.974 bits per heavy atom. The van der Waals surface area contributed by atoms with Crippen LogP contribution in [0.25, 0.3) is 22.2 Å². The van der Waals surface area contributed by atoms with Crippen molar-refractivity contribution in [3.8, 4) is 11.1 Å². The third-order valence-electron chi connectivity index (χ3n) is 7.96. The fourth-order valence-electron chi connectivity index (χ4n) is 5.87. The number of rotatable bonds is 5. The van der Waals surface area contributed by atoms with Crippen molar-refractivity contribution in [3.63, 3.8) is 0 Å². The molecule has 10 heteroatoms. The quantitative estimate of drug-likeness (QED) is 0.287. The maximum absolute atomic E-state index is 14.1. The van der Waals surface area contributed by atoms with E-state index in [4.69, 9.17) is 21.3 Å². The molecule has 1 atom stereocenters. The number of hydrogen-bond donors (Lipinski definition) is 0. The van der Waals surface area contributed by atoms with Crippen molar-refractivity contribution in [1.82, 2.24) is 14.1 Å². The fourth-order valence-corrected chi connectivity index (χ4v) is 6.12. The van der Waals surface area contributed by atoms with Gasteiger partial charge < -0.3 is 18.8 Å². The lowest BCUT2D eigenvalue weighted by Gasteiger charge is -2.41. The molecule has 1 saturated carbocycles. The van der Waals surface area contributed by atoms with Gasteiger partial charge in [0.1, 0.15) is 16.9 Å². The molecule has 1 amide bonds. The number of anilines is 1. The van der Waals surface area contributed by atoms with Crippen LogP contribution >= 0.6 is 11.6 Å². The molecule has 1 aliphatic carbocycles. The number of pyridine rings is 1. The number of hydrogen-bond acceptors (Lipinski definition) is 4. The van der Waals surface area contributed by atoms with Crippen LogP contribution in [-0.4, -0.2) is 33.2 Å². The number of ether oxygens (including phenoxy) is 1. The topological polar surface area (TPSA) is 69.4 Å². The molecule has 4 aromatic rings. The lowest BCUT2D eigenvalue weighted by molar-refractivity contribution is -0.124. The van der Waals surface area contributed by atoms with E-state index in [9.17, 15) is 18.4 Å². The van der Waals surface area contributed by atoms with E-state index >= 15 is 0 Å². The Bertz CT molecular complexity index is 1630. The van der Waals surface area contributed by atoms with Crippen LogP contribution in [0, 0.1) is 11.6 Å². The third-order valence-corrected chi connectivity index (χ3v) is 8.23. The number of methoxy groups -OCH3 is 1. The summed E-state index contributed by atoms with van der Waals surface area (Å²) >= 11 is 6.17. The van der Waals surface area contributed by atoms with Crippen LogP contribution < -0.4 is 10.5 Å². The monoisotopic (exact) mass is 552 g/mol. The van der Waals surface area contributed by atoms with Gasteiger partial charge in [0.25, 0.3) is 5.56 Å². The Hall–Kier alpha value is -3.56. The van der Waals surface area contributed by atoms with Crippen molar-refractivity contribution in [2.24, 2.45) is 7.05 Å². The number of halogens is 3. The van der Waals surface area contributed by atoms with Crippen LogP contribution in [0.15, 0.2) is 53.5 Å². The highest BCUT2D eigenvalue weighted by atomic mass is 35.5. The van der Waals surface area contributed by atoms with Gasteiger partial charge in [0.15, 0.2) is 11.6 Å². The highest BCUT2D eigenvalue weighted by molar-refractivity contribution is 6.30. The number of β-lactam (4-membered cyclic amide) rings is 1. The second-order valence-electron chi connectivity index (χ2n) is 10.3. The molecule has 0 N–H and O–H groups in total. The molecule has 2 fully saturated rings. The Morgan fingerprint density at radius 3 is 2.41 bits per heavy atom. The number of carbonyl (C=O) groups is 1. The number of amides is 1. The standard InChI is InChI=1S/C29H27ClF2N4O3/c1-34-15-17(11-21(30)29(34)38)16-3-10-25-24(12-16)33-28(36(25)18-4-7-20(39-2)8-5-18)26-14-27(37)35(26)19-6-9-22(31)23(32)13-19/h3,6,9-13,15,18,20,26H,4-5,7-8,14H2,1-2H3/t18-,20-,26-/m0/s1. The van der Waals surface area contributed by atoms with Gasteiger partial charge in [-0.2, -0.15) is 0 Å². The molecule has 7 nitrogen and oxygen atoms in total. The molecule has 1 aliphatic heterocycles. The highest BCUT2D eigenvalue weighted by Crippen LogP contribution is 2.43. The highest BCUT2D eigenvalue weighted by Gasteiger charge is 2.43. The summed E-state index contributed by atoms with van der Waals surface area (Å²) in [6.45, 7) is 0. The average molecular weight is 553 g/mol. The first-order valence-electron chi connectivity index (χ1n) is 12.9. The van der Waals surface area contributed by atoms with Crippen LogP contribution in [0.4, 0.5) is 14.5 Å². The van der Waals surface area contributed by atoms with Crippen molar-refractivity contribution in [2.75, 3.05) is 12.0 Å². The molecule has 2 aromatic carbocycles.